The van der Waals surface area contributed by atoms with Crippen LogP contribution in [0.5, 0.6) is 5.75 Å². The highest BCUT2D eigenvalue weighted by Crippen LogP contribution is 2.24. The second-order valence-corrected chi connectivity index (χ2v) is 4.89. The lowest BCUT2D eigenvalue weighted by atomic mass is 10.1. The summed E-state index contributed by atoms with van der Waals surface area (Å²) >= 11 is 0. The number of nitrogens with two attached hydrogens (primary N) is 1. The fourth-order valence-electron chi connectivity index (χ4n) is 2.46. The Labute approximate surface area is 109 Å². The topological polar surface area (TPSA) is 47.6 Å². The van der Waals surface area contributed by atoms with Crippen LogP contribution in [-0.2, 0) is 6.42 Å². The fraction of sp³-hybridized carbons (Fsp3) is 0.533. The van der Waals surface area contributed by atoms with Crippen molar-refractivity contribution in [3.8, 4) is 5.75 Å². The van der Waals surface area contributed by atoms with E-state index < -0.39 is 0 Å². The second-order valence-electron chi connectivity index (χ2n) is 4.89. The van der Waals surface area contributed by atoms with Crippen molar-refractivity contribution in [3.63, 3.8) is 0 Å². The van der Waals surface area contributed by atoms with Crippen molar-refractivity contribution in [2.24, 2.45) is 16.6 Å². The molecule has 0 heterocycles. The number of amidine groups is 1. The van der Waals surface area contributed by atoms with Crippen LogP contribution < -0.4 is 10.5 Å². The number of hydrogen-bond donors (Lipinski definition) is 1. The van der Waals surface area contributed by atoms with Gasteiger partial charge in [0.1, 0.15) is 5.75 Å². The number of aliphatic imine (C=N–C) groups is 1. The van der Waals surface area contributed by atoms with E-state index in [1.165, 1.54) is 31.2 Å². The molecular weight excluding hydrogens is 224 g/mol. The summed E-state index contributed by atoms with van der Waals surface area (Å²) in [6.07, 6.45) is 5.99. The van der Waals surface area contributed by atoms with Gasteiger partial charge in [-0.25, -0.2) is 0 Å². The molecule has 1 aromatic carbocycles. The minimum absolute atomic E-state index is 0.542. The van der Waals surface area contributed by atoms with Crippen LogP contribution in [0.15, 0.2) is 29.3 Å². The van der Waals surface area contributed by atoms with Gasteiger partial charge in [0.2, 0.25) is 0 Å². The summed E-state index contributed by atoms with van der Waals surface area (Å²) in [5.41, 5.74) is 7.30. The molecule has 18 heavy (non-hydrogen) atoms. The average molecular weight is 246 g/mol. The van der Waals surface area contributed by atoms with Gasteiger partial charge in [-0.1, -0.05) is 25.0 Å². The van der Waals surface area contributed by atoms with Crippen molar-refractivity contribution < 1.29 is 4.74 Å². The Kier molecular flexibility index (Phi) is 4.62. The van der Waals surface area contributed by atoms with Crippen LogP contribution >= 0.6 is 0 Å². The molecule has 0 spiro atoms. The Morgan fingerprint density at radius 3 is 2.56 bits per heavy atom. The van der Waals surface area contributed by atoms with Crippen molar-refractivity contribution in [1.29, 1.82) is 0 Å². The maximum Gasteiger partial charge on any atom is 0.118 e. The first-order valence-electron chi connectivity index (χ1n) is 6.72. The van der Waals surface area contributed by atoms with Crippen molar-refractivity contribution in [2.75, 3.05) is 13.7 Å². The van der Waals surface area contributed by atoms with Crippen LogP contribution in [0, 0.1) is 5.92 Å². The van der Waals surface area contributed by atoms with E-state index in [0.717, 1.165) is 24.6 Å². The van der Waals surface area contributed by atoms with E-state index in [2.05, 4.69) is 17.1 Å². The molecule has 1 aromatic rings. The number of nitrogens with zero attached hydrogens (tertiary/aromatic N) is 1. The predicted octanol–water partition coefficient (Wildman–Crippen LogP) is 2.79. The molecule has 1 aliphatic carbocycles. The second kappa shape index (κ2) is 6.43. The maximum absolute atomic E-state index is 6.02. The molecule has 0 radical (unpaired) electrons. The van der Waals surface area contributed by atoms with Crippen molar-refractivity contribution >= 4 is 5.84 Å². The third kappa shape index (κ3) is 3.49. The molecule has 3 nitrogen and oxygen atoms in total. The normalized spacial score (nSPS) is 17.1. The maximum atomic E-state index is 6.02. The van der Waals surface area contributed by atoms with E-state index in [-0.39, 0.29) is 0 Å². The zero-order valence-electron chi connectivity index (χ0n) is 11.1. The summed E-state index contributed by atoms with van der Waals surface area (Å²) in [5, 5.41) is 0. The molecule has 1 saturated carbocycles. The van der Waals surface area contributed by atoms with Crippen molar-refractivity contribution in [1.82, 2.24) is 0 Å². The number of ether oxygens (including phenoxy) is 1. The number of rotatable bonds is 5. The van der Waals surface area contributed by atoms with Crippen LogP contribution in [0.3, 0.4) is 0 Å². The SMILES string of the molecule is COc1ccc(CCN=C(N)C2CCCC2)cc1. The lowest BCUT2D eigenvalue weighted by molar-refractivity contribution is 0.414. The first kappa shape index (κ1) is 12.9. The van der Waals surface area contributed by atoms with E-state index in [4.69, 9.17) is 10.5 Å². The summed E-state index contributed by atoms with van der Waals surface area (Å²) in [4.78, 5) is 4.51. The highest BCUT2D eigenvalue weighted by Gasteiger charge is 2.17. The van der Waals surface area contributed by atoms with Crippen molar-refractivity contribution in [2.45, 2.75) is 32.1 Å². The third-order valence-corrected chi connectivity index (χ3v) is 3.63. The number of benzene rings is 1. The van der Waals surface area contributed by atoms with E-state index in [1.807, 2.05) is 12.1 Å². The molecule has 3 heteroatoms. The molecule has 0 aromatic heterocycles. The van der Waals surface area contributed by atoms with E-state index in [0.29, 0.717) is 5.92 Å². The molecule has 2 rings (SSSR count). The molecule has 0 atom stereocenters. The molecule has 1 aliphatic rings. The van der Waals surface area contributed by atoms with Gasteiger partial charge in [0, 0.05) is 12.5 Å². The van der Waals surface area contributed by atoms with Gasteiger partial charge >= 0.3 is 0 Å². The number of methoxy groups -OCH3 is 1. The molecule has 98 valence electrons. The quantitative estimate of drug-likeness (QED) is 0.641. The van der Waals surface area contributed by atoms with Crippen LogP contribution in [0.1, 0.15) is 31.2 Å². The molecular formula is C15H22N2O. The molecule has 0 unspecified atom stereocenters. The predicted molar refractivity (Wildman–Crippen MR) is 75.1 cm³/mol. The standard InChI is InChI=1S/C15H22N2O/c1-18-14-8-6-12(7-9-14)10-11-17-15(16)13-4-2-3-5-13/h6-9,13H,2-5,10-11H2,1H3,(H2,16,17). The lowest BCUT2D eigenvalue weighted by Crippen LogP contribution is -2.21. The molecule has 0 bridgehead atoms. The van der Waals surface area contributed by atoms with Gasteiger partial charge in [-0.2, -0.15) is 0 Å². The number of hydrogen-bond acceptors (Lipinski definition) is 2. The average Bonchev–Trinajstić information content (AvgIpc) is 2.93. The van der Waals surface area contributed by atoms with Gasteiger partial charge in [-0.3, -0.25) is 4.99 Å². The van der Waals surface area contributed by atoms with E-state index in [1.54, 1.807) is 7.11 Å². The van der Waals surface area contributed by atoms with Gasteiger partial charge in [0.25, 0.3) is 0 Å². The Hall–Kier alpha value is -1.51. The van der Waals surface area contributed by atoms with Gasteiger partial charge in [-0.05, 0) is 37.0 Å². The third-order valence-electron chi connectivity index (χ3n) is 3.63. The summed E-state index contributed by atoms with van der Waals surface area (Å²) in [6.45, 7) is 0.786. The fourth-order valence-corrected chi connectivity index (χ4v) is 2.46. The molecule has 1 fully saturated rings. The highest BCUT2D eigenvalue weighted by atomic mass is 16.5. The van der Waals surface area contributed by atoms with E-state index >= 15 is 0 Å². The monoisotopic (exact) mass is 246 g/mol. The van der Waals surface area contributed by atoms with Gasteiger partial charge in [0.05, 0.1) is 12.9 Å². The summed E-state index contributed by atoms with van der Waals surface area (Å²) in [6, 6.07) is 8.14. The first-order valence-corrected chi connectivity index (χ1v) is 6.72. The van der Waals surface area contributed by atoms with Gasteiger partial charge in [-0.15, -0.1) is 0 Å². The highest BCUT2D eigenvalue weighted by molar-refractivity contribution is 5.83. The summed E-state index contributed by atoms with van der Waals surface area (Å²) < 4.78 is 5.13. The zero-order chi connectivity index (χ0) is 12.8. The summed E-state index contributed by atoms with van der Waals surface area (Å²) in [5.74, 6) is 2.30. The smallest absolute Gasteiger partial charge is 0.118 e. The van der Waals surface area contributed by atoms with Crippen LogP contribution in [-0.4, -0.2) is 19.5 Å². The molecule has 0 aliphatic heterocycles. The van der Waals surface area contributed by atoms with Gasteiger partial charge < -0.3 is 10.5 Å². The minimum Gasteiger partial charge on any atom is -0.497 e. The Morgan fingerprint density at radius 1 is 1.28 bits per heavy atom. The van der Waals surface area contributed by atoms with Crippen LogP contribution in [0.4, 0.5) is 0 Å². The van der Waals surface area contributed by atoms with Crippen LogP contribution in [0.25, 0.3) is 0 Å². The lowest BCUT2D eigenvalue weighted by Gasteiger charge is -2.08. The van der Waals surface area contributed by atoms with E-state index in [9.17, 15) is 0 Å². The molecule has 2 N–H and O–H groups in total. The Balaban J connectivity index is 1.81. The largest absolute Gasteiger partial charge is 0.497 e. The van der Waals surface area contributed by atoms with Crippen molar-refractivity contribution in [3.05, 3.63) is 29.8 Å². The zero-order valence-corrected chi connectivity index (χ0v) is 11.1. The summed E-state index contributed by atoms with van der Waals surface area (Å²) in [7, 11) is 1.68. The Bertz CT molecular complexity index is 391. The molecule has 0 saturated heterocycles. The van der Waals surface area contributed by atoms with Gasteiger partial charge in [0.15, 0.2) is 0 Å². The van der Waals surface area contributed by atoms with Crippen LogP contribution in [0.2, 0.25) is 0 Å². The molecule has 0 amide bonds. The first-order chi connectivity index (χ1) is 8.79. The Morgan fingerprint density at radius 2 is 1.94 bits per heavy atom. The minimum atomic E-state index is 0.542.